The summed E-state index contributed by atoms with van der Waals surface area (Å²) in [6.45, 7) is 11.6. The highest BCUT2D eigenvalue weighted by Gasteiger charge is 2.23. The molecule has 0 aromatic heterocycles. The Morgan fingerprint density at radius 2 is 1.88 bits per heavy atom. The van der Waals surface area contributed by atoms with Gasteiger partial charge in [0, 0.05) is 19.6 Å². The quantitative estimate of drug-likeness (QED) is 0.678. The second kappa shape index (κ2) is 7.67. The zero-order valence-electron chi connectivity index (χ0n) is 11.9. The van der Waals surface area contributed by atoms with Crippen LogP contribution in [0.5, 0.6) is 0 Å². The summed E-state index contributed by atoms with van der Waals surface area (Å²) in [5.74, 6) is 0.0994. The summed E-state index contributed by atoms with van der Waals surface area (Å²) in [6.07, 6.45) is 1.68. The van der Waals surface area contributed by atoms with E-state index in [2.05, 4.69) is 5.32 Å². The molecule has 4 nitrogen and oxygen atoms in total. The van der Waals surface area contributed by atoms with E-state index in [1.54, 1.807) is 11.8 Å². The van der Waals surface area contributed by atoms with Gasteiger partial charge in [0.05, 0.1) is 11.6 Å². The van der Waals surface area contributed by atoms with Gasteiger partial charge in [0.15, 0.2) is 0 Å². The molecule has 0 spiro atoms. The Labute approximate surface area is 105 Å². The van der Waals surface area contributed by atoms with Crippen molar-refractivity contribution in [3.8, 4) is 0 Å². The molecule has 4 heteroatoms. The number of amides is 1. The summed E-state index contributed by atoms with van der Waals surface area (Å²) in [4.78, 5) is 13.8. The Kier molecular flexibility index (Phi) is 7.39. The molecule has 0 saturated heterocycles. The van der Waals surface area contributed by atoms with Gasteiger partial charge >= 0.3 is 0 Å². The number of likely N-dealkylation sites (N-methyl/N-ethyl adjacent to an activating group) is 1. The highest BCUT2D eigenvalue weighted by atomic mass is 16.3. The largest absolute Gasteiger partial charge is 0.389 e. The average Bonchev–Trinajstić information content (AvgIpc) is 2.27. The van der Waals surface area contributed by atoms with Crippen LogP contribution in [0.25, 0.3) is 0 Å². The first kappa shape index (κ1) is 16.4. The van der Waals surface area contributed by atoms with E-state index >= 15 is 0 Å². The number of nitrogens with zero attached hydrogens (tertiary/aromatic N) is 1. The molecule has 0 saturated carbocycles. The standard InChI is InChI=1S/C13H28N2O2/c1-6-9-13(5,17)10-14-11(4)12(16)15(7-2)8-3/h11,14,17H,6-10H2,1-5H3. The fourth-order valence-corrected chi connectivity index (χ4v) is 1.90. The maximum Gasteiger partial charge on any atom is 0.239 e. The van der Waals surface area contributed by atoms with Crippen molar-refractivity contribution in [3.63, 3.8) is 0 Å². The van der Waals surface area contributed by atoms with E-state index in [4.69, 9.17) is 0 Å². The normalized spacial score (nSPS) is 16.4. The monoisotopic (exact) mass is 244 g/mol. The van der Waals surface area contributed by atoms with Crippen LogP contribution in [-0.2, 0) is 4.79 Å². The summed E-state index contributed by atoms with van der Waals surface area (Å²) < 4.78 is 0. The van der Waals surface area contributed by atoms with Gasteiger partial charge in [-0.1, -0.05) is 13.3 Å². The maximum absolute atomic E-state index is 12.0. The number of aliphatic hydroxyl groups is 1. The van der Waals surface area contributed by atoms with Crippen LogP contribution >= 0.6 is 0 Å². The first-order chi connectivity index (χ1) is 7.87. The number of carbonyl (C=O) groups excluding carboxylic acids is 1. The van der Waals surface area contributed by atoms with Gasteiger partial charge in [0.2, 0.25) is 5.91 Å². The van der Waals surface area contributed by atoms with E-state index in [9.17, 15) is 9.90 Å². The minimum absolute atomic E-state index is 0.0994. The lowest BCUT2D eigenvalue weighted by molar-refractivity contribution is -0.132. The molecule has 0 aliphatic carbocycles. The fraction of sp³-hybridized carbons (Fsp3) is 0.923. The average molecular weight is 244 g/mol. The SMILES string of the molecule is CCCC(C)(O)CNC(C)C(=O)N(CC)CC. The summed E-state index contributed by atoms with van der Waals surface area (Å²) in [5.41, 5.74) is -0.730. The Hall–Kier alpha value is -0.610. The summed E-state index contributed by atoms with van der Waals surface area (Å²) in [5, 5.41) is 13.1. The Bertz CT molecular complexity index is 225. The van der Waals surface area contributed by atoms with Crippen LogP contribution in [0, 0.1) is 0 Å². The predicted molar refractivity (Wildman–Crippen MR) is 70.9 cm³/mol. The molecular weight excluding hydrogens is 216 g/mol. The molecule has 0 heterocycles. The molecule has 0 aliphatic heterocycles. The second-order valence-corrected chi connectivity index (χ2v) is 4.86. The third-order valence-electron chi connectivity index (χ3n) is 3.02. The molecule has 102 valence electrons. The molecule has 0 aliphatic rings. The van der Waals surface area contributed by atoms with Crippen LogP contribution in [0.15, 0.2) is 0 Å². The molecule has 0 fully saturated rings. The first-order valence-corrected chi connectivity index (χ1v) is 6.62. The van der Waals surface area contributed by atoms with Crippen molar-refractivity contribution in [1.29, 1.82) is 0 Å². The topological polar surface area (TPSA) is 52.6 Å². The molecule has 2 unspecified atom stereocenters. The van der Waals surface area contributed by atoms with E-state index < -0.39 is 5.60 Å². The zero-order chi connectivity index (χ0) is 13.5. The van der Waals surface area contributed by atoms with Crippen molar-refractivity contribution in [3.05, 3.63) is 0 Å². The lowest BCUT2D eigenvalue weighted by atomic mass is 10.0. The molecule has 0 aromatic rings. The van der Waals surface area contributed by atoms with Gasteiger partial charge in [-0.2, -0.15) is 0 Å². The molecule has 1 amide bonds. The number of hydrogen-bond donors (Lipinski definition) is 2. The minimum atomic E-state index is -0.730. The Balaban J connectivity index is 4.17. The smallest absolute Gasteiger partial charge is 0.239 e. The molecule has 0 aromatic carbocycles. The minimum Gasteiger partial charge on any atom is -0.389 e. The number of rotatable bonds is 8. The van der Waals surface area contributed by atoms with Gasteiger partial charge in [-0.25, -0.2) is 0 Å². The van der Waals surface area contributed by atoms with Crippen molar-refractivity contribution >= 4 is 5.91 Å². The van der Waals surface area contributed by atoms with Crippen molar-refractivity contribution in [2.75, 3.05) is 19.6 Å². The van der Waals surface area contributed by atoms with Gasteiger partial charge < -0.3 is 15.3 Å². The van der Waals surface area contributed by atoms with E-state index in [1.807, 2.05) is 27.7 Å². The third kappa shape index (κ3) is 6.03. The van der Waals surface area contributed by atoms with Crippen LogP contribution in [0.2, 0.25) is 0 Å². The third-order valence-corrected chi connectivity index (χ3v) is 3.02. The number of carbonyl (C=O) groups is 1. The molecule has 2 atom stereocenters. The van der Waals surface area contributed by atoms with Crippen LogP contribution < -0.4 is 5.32 Å². The van der Waals surface area contributed by atoms with E-state index in [-0.39, 0.29) is 11.9 Å². The molecule has 17 heavy (non-hydrogen) atoms. The van der Waals surface area contributed by atoms with Gasteiger partial charge in [-0.05, 0) is 34.1 Å². The van der Waals surface area contributed by atoms with Gasteiger partial charge in [0.1, 0.15) is 0 Å². The van der Waals surface area contributed by atoms with E-state index in [0.29, 0.717) is 6.54 Å². The van der Waals surface area contributed by atoms with Gasteiger partial charge in [-0.15, -0.1) is 0 Å². The summed E-state index contributed by atoms with van der Waals surface area (Å²) in [7, 11) is 0. The van der Waals surface area contributed by atoms with E-state index in [0.717, 1.165) is 25.9 Å². The molecule has 0 bridgehead atoms. The van der Waals surface area contributed by atoms with Crippen molar-refractivity contribution in [2.24, 2.45) is 0 Å². The molecule has 2 N–H and O–H groups in total. The Morgan fingerprint density at radius 3 is 2.29 bits per heavy atom. The summed E-state index contributed by atoms with van der Waals surface area (Å²) >= 11 is 0. The van der Waals surface area contributed by atoms with Crippen LogP contribution in [-0.4, -0.2) is 47.2 Å². The number of hydrogen-bond acceptors (Lipinski definition) is 3. The van der Waals surface area contributed by atoms with Crippen LogP contribution in [0.1, 0.15) is 47.5 Å². The highest BCUT2D eigenvalue weighted by Crippen LogP contribution is 2.10. The van der Waals surface area contributed by atoms with Gasteiger partial charge in [0.25, 0.3) is 0 Å². The van der Waals surface area contributed by atoms with Crippen LogP contribution in [0.3, 0.4) is 0 Å². The first-order valence-electron chi connectivity index (χ1n) is 6.62. The molecular formula is C13H28N2O2. The van der Waals surface area contributed by atoms with E-state index in [1.165, 1.54) is 0 Å². The lowest BCUT2D eigenvalue weighted by Gasteiger charge is -2.28. The Morgan fingerprint density at radius 1 is 1.35 bits per heavy atom. The van der Waals surface area contributed by atoms with Crippen LogP contribution in [0.4, 0.5) is 0 Å². The summed E-state index contributed by atoms with van der Waals surface area (Å²) in [6, 6.07) is -0.238. The molecule has 0 radical (unpaired) electrons. The maximum atomic E-state index is 12.0. The van der Waals surface area contributed by atoms with Gasteiger partial charge in [-0.3, -0.25) is 4.79 Å². The molecule has 0 rings (SSSR count). The second-order valence-electron chi connectivity index (χ2n) is 4.86. The zero-order valence-corrected chi connectivity index (χ0v) is 11.9. The predicted octanol–water partition coefficient (Wildman–Crippen LogP) is 1.38. The van der Waals surface area contributed by atoms with Crippen molar-refractivity contribution in [2.45, 2.75) is 59.1 Å². The fourth-order valence-electron chi connectivity index (χ4n) is 1.90. The highest BCUT2D eigenvalue weighted by molar-refractivity contribution is 5.81. The van der Waals surface area contributed by atoms with Crippen molar-refractivity contribution in [1.82, 2.24) is 10.2 Å². The number of nitrogens with one attached hydrogen (secondary N) is 1. The van der Waals surface area contributed by atoms with Crippen molar-refractivity contribution < 1.29 is 9.90 Å². The lowest BCUT2D eigenvalue weighted by Crippen LogP contribution is -2.49.